The number of hydrogen-bond donors (Lipinski definition) is 0. The van der Waals surface area contributed by atoms with Crippen LogP contribution < -0.4 is 0 Å². The van der Waals surface area contributed by atoms with Crippen molar-refractivity contribution in [1.82, 2.24) is 7.90 Å². The molecule has 0 bridgehead atoms. The van der Waals surface area contributed by atoms with E-state index in [9.17, 15) is 0 Å². The Kier molecular flexibility index (Phi) is 7.37. The van der Waals surface area contributed by atoms with Gasteiger partial charge in [-0.1, -0.05) is 0 Å². The molecule has 0 radical (unpaired) electrons. The van der Waals surface area contributed by atoms with Gasteiger partial charge in [0.2, 0.25) is 0 Å². The van der Waals surface area contributed by atoms with Crippen molar-refractivity contribution >= 4 is 0 Å². The summed E-state index contributed by atoms with van der Waals surface area (Å²) in [5.41, 5.74) is 0. The van der Waals surface area contributed by atoms with Gasteiger partial charge in [-0.3, -0.25) is 0 Å². The first kappa shape index (κ1) is 11.4. The molecule has 0 N–H and O–H groups in total. The van der Waals surface area contributed by atoms with Gasteiger partial charge in [0.25, 0.3) is 0 Å². The Balaban J connectivity index is 3.58. The third-order valence-corrected chi connectivity index (χ3v) is 3.41. The molecule has 0 fully saturated rings. The summed E-state index contributed by atoms with van der Waals surface area (Å²) in [7, 11) is 0. The fourth-order valence-electron chi connectivity index (χ4n) is 0.769. The van der Waals surface area contributed by atoms with Gasteiger partial charge in [0.05, 0.1) is 0 Å². The maximum atomic E-state index is 2.41. The summed E-state index contributed by atoms with van der Waals surface area (Å²) in [6, 6.07) is 0. The summed E-state index contributed by atoms with van der Waals surface area (Å²) >= 11 is 1.40. The molecule has 0 unspecified atom stereocenters. The van der Waals surface area contributed by atoms with Crippen LogP contribution >= 0.6 is 0 Å². The molecule has 0 aliphatic carbocycles. The van der Waals surface area contributed by atoms with Crippen LogP contribution in [0.1, 0.15) is 27.7 Å². The van der Waals surface area contributed by atoms with Crippen LogP contribution in [0.2, 0.25) is 0 Å². The summed E-state index contributed by atoms with van der Waals surface area (Å²) in [5, 5.41) is 0. The zero-order valence-electron chi connectivity index (χ0n) is 8.06. The SMILES string of the molecule is CC[N](CC)[Co][N](CC)CC. The Labute approximate surface area is 77.3 Å². The molecule has 3 heteroatoms. The van der Waals surface area contributed by atoms with Gasteiger partial charge in [-0.15, -0.1) is 0 Å². The van der Waals surface area contributed by atoms with E-state index in [0.29, 0.717) is 0 Å². The number of hydrogen-bond acceptors (Lipinski definition) is 2. The van der Waals surface area contributed by atoms with Gasteiger partial charge in [0.15, 0.2) is 0 Å². The van der Waals surface area contributed by atoms with E-state index in [2.05, 4.69) is 35.6 Å². The van der Waals surface area contributed by atoms with E-state index in [-0.39, 0.29) is 0 Å². The van der Waals surface area contributed by atoms with Crippen LogP contribution in [0.25, 0.3) is 0 Å². The molecule has 0 atom stereocenters. The van der Waals surface area contributed by atoms with Crippen molar-refractivity contribution in [3.8, 4) is 0 Å². The third kappa shape index (κ3) is 4.79. The molecule has 0 aliphatic rings. The van der Waals surface area contributed by atoms with Gasteiger partial charge < -0.3 is 0 Å². The second-order valence-electron chi connectivity index (χ2n) is 2.20. The second-order valence-corrected chi connectivity index (χ2v) is 3.73. The molecular formula is C8H20CoN2. The minimum absolute atomic E-state index is 1.15. The standard InChI is InChI=1S/2C4H10N.Co/c2*1-3-5-4-2;/h2*3-4H2,1-2H3;/q2*-1;+2. The molecule has 0 aliphatic heterocycles. The Morgan fingerprint density at radius 2 is 1.00 bits per heavy atom. The molecule has 0 amide bonds. The fraction of sp³-hybridized carbons (Fsp3) is 1.00. The molecule has 0 aromatic rings. The van der Waals surface area contributed by atoms with Crippen molar-refractivity contribution < 1.29 is 15.1 Å². The number of nitrogens with zero attached hydrogens (tertiary/aromatic N) is 2. The quantitative estimate of drug-likeness (QED) is 0.646. The summed E-state index contributed by atoms with van der Waals surface area (Å²) < 4.78 is 4.81. The topological polar surface area (TPSA) is 6.48 Å². The Bertz CT molecular complexity index is 70.2. The van der Waals surface area contributed by atoms with Gasteiger partial charge in [-0.25, -0.2) is 0 Å². The molecule has 0 saturated carbocycles. The van der Waals surface area contributed by atoms with Crippen LogP contribution in [0.15, 0.2) is 0 Å². The molecule has 71 valence electrons. The first-order valence-electron chi connectivity index (χ1n) is 4.39. The van der Waals surface area contributed by atoms with Gasteiger partial charge in [0.1, 0.15) is 0 Å². The molecule has 11 heavy (non-hydrogen) atoms. The molecule has 0 heterocycles. The Hall–Kier alpha value is 0.426. The van der Waals surface area contributed by atoms with Crippen LogP contribution in [0.4, 0.5) is 0 Å². The van der Waals surface area contributed by atoms with Gasteiger partial charge in [-0.2, -0.15) is 0 Å². The van der Waals surface area contributed by atoms with Crippen LogP contribution in [-0.4, -0.2) is 34.1 Å². The molecule has 0 aromatic heterocycles. The predicted molar refractivity (Wildman–Crippen MR) is 45.8 cm³/mol. The van der Waals surface area contributed by atoms with Gasteiger partial charge in [-0.05, 0) is 0 Å². The van der Waals surface area contributed by atoms with Gasteiger partial charge in [0, 0.05) is 0 Å². The Morgan fingerprint density at radius 1 is 0.727 bits per heavy atom. The predicted octanol–water partition coefficient (Wildman–Crippen LogP) is 1.58. The second kappa shape index (κ2) is 7.10. The first-order valence-corrected chi connectivity index (χ1v) is 5.32. The summed E-state index contributed by atoms with van der Waals surface area (Å²) in [5.74, 6) is 0. The van der Waals surface area contributed by atoms with E-state index in [1.807, 2.05) is 0 Å². The van der Waals surface area contributed by atoms with Crippen LogP contribution in [0, 0.1) is 0 Å². The van der Waals surface area contributed by atoms with E-state index >= 15 is 0 Å². The fourth-order valence-corrected chi connectivity index (χ4v) is 1.77. The van der Waals surface area contributed by atoms with E-state index in [4.69, 9.17) is 0 Å². The van der Waals surface area contributed by atoms with Crippen LogP contribution in [0.3, 0.4) is 0 Å². The first-order chi connectivity index (χ1) is 5.28. The summed E-state index contributed by atoms with van der Waals surface area (Å²) in [6.45, 7) is 13.4. The van der Waals surface area contributed by atoms with Crippen molar-refractivity contribution in [2.45, 2.75) is 27.7 Å². The van der Waals surface area contributed by atoms with E-state index in [1.54, 1.807) is 0 Å². The van der Waals surface area contributed by atoms with Crippen molar-refractivity contribution in [3.63, 3.8) is 0 Å². The maximum absolute atomic E-state index is 2.41. The van der Waals surface area contributed by atoms with Crippen molar-refractivity contribution in [2.24, 2.45) is 0 Å². The monoisotopic (exact) mass is 203 g/mol. The third-order valence-electron chi connectivity index (χ3n) is 1.50. The van der Waals surface area contributed by atoms with Crippen molar-refractivity contribution in [3.05, 3.63) is 0 Å². The normalized spacial score (nSPS) is 11.8. The van der Waals surface area contributed by atoms with E-state index in [1.165, 1.54) is 15.1 Å². The zero-order chi connectivity index (χ0) is 8.69. The molecule has 2 nitrogen and oxygen atoms in total. The molecule has 0 rings (SSSR count). The average Bonchev–Trinajstić information content (AvgIpc) is 2.07. The van der Waals surface area contributed by atoms with Gasteiger partial charge >= 0.3 is 76.9 Å². The Morgan fingerprint density at radius 3 is 1.18 bits per heavy atom. The van der Waals surface area contributed by atoms with E-state index < -0.39 is 0 Å². The molecular weight excluding hydrogens is 183 g/mol. The van der Waals surface area contributed by atoms with Crippen molar-refractivity contribution in [1.29, 1.82) is 0 Å². The van der Waals surface area contributed by atoms with E-state index in [0.717, 1.165) is 26.2 Å². The van der Waals surface area contributed by atoms with Crippen LogP contribution in [-0.2, 0) is 15.1 Å². The van der Waals surface area contributed by atoms with Crippen LogP contribution in [0.5, 0.6) is 0 Å². The van der Waals surface area contributed by atoms with Crippen molar-refractivity contribution in [2.75, 3.05) is 26.2 Å². The summed E-state index contributed by atoms with van der Waals surface area (Å²) in [6.07, 6.45) is 0. The average molecular weight is 203 g/mol. The molecule has 0 aromatic carbocycles. The summed E-state index contributed by atoms with van der Waals surface area (Å²) in [4.78, 5) is 0. The minimum atomic E-state index is 1.15. The zero-order valence-corrected chi connectivity index (χ0v) is 9.10. The molecule has 0 saturated heterocycles. The molecule has 0 spiro atoms. The number of rotatable bonds is 6.